The number of allylic oxidation sites excluding steroid dienone is 1. The molecular formula is C22H34O3. The van der Waals surface area contributed by atoms with Crippen molar-refractivity contribution in [3.8, 4) is 0 Å². The van der Waals surface area contributed by atoms with Crippen LogP contribution in [0.5, 0.6) is 0 Å². The molecule has 0 aromatic heterocycles. The lowest BCUT2D eigenvalue weighted by Crippen LogP contribution is -2.51. The number of aliphatic hydroxyl groups excluding tert-OH is 1. The Labute approximate surface area is 152 Å². The Balaban J connectivity index is 1.68. The number of carbonyl (C=O) groups excluding carboxylic acids is 1. The van der Waals surface area contributed by atoms with E-state index < -0.39 is 0 Å². The maximum Gasteiger partial charge on any atom is 0.136 e. The topological polar surface area (TPSA) is 46.5 Å². The maximum absolute atomic E-state index is 12.4. The van der Waals surface area contributed by atoms with Crippen LogP contribution in [-0.4, -0.2) is 30.2 Å². The first-order valence-corrected chi connectivity index (χ1v) is 10.2. The molecule has 8 atom stereocenters. The van der Waals surface area contributed by atoms with Crippen molar-refractivity contribution < 1.29 is 14.6 Å². The van der Waals surface area contributed by atoms with Crippen LogP contribution in [0.2, 0.25) is 0 Å². The maximum atomic E-state index is 12.4. The van der Waals surface area contributed by atoms with Crippen molar-refractivity contribution in [1.29, 1.82) is 0 Å². The van der Waals surface area contributed by atoms with E-state index in [4.69, 9.17) is 4.74 Å². The summed E-state index contributed by atoms with van der Waals surface area (Å²) in [6.45, 7) is 6.58. The highest BCUT2D eigenvalue weighted by Crippen LogP contribution is 2.66. The molecule has 0 amide bonds. The van der Waals surface area contributed by atoms with Gasteiger partial charge in [0.2, 0.25) is 0 Å². The highest BCUT2D eigenvalue weighted by Gasteiger charge is 2.62. The summed E-state index contributed by atoms with van der Waals surface area (Å²) in [4.78, 5) is 12.4. The van der Waals surface area contributed by atoms with E-state index in [1.807, 2.05) is 0 Å². The summed E-state index contributed by atoms with van der Waals surface area (Å²) >= 11 is 0. The Morgan fingerprint density at radius 2 is 2.00 bits per heavy atom. The lowest BCUT2D eigenvalue weighted by atomic mass is 9.47. The first kappa shape index (κ1) is 17.7. The van der Waals surface area contributed by atoms with Crippen LogP contribution in [0.1, 0.15) is 65.7 Å². The molecule has 0 spiro atoms. The molecule has 0 radical (unpaired) electrons. The van der Waals surface area contributed by atoms with Crippen LogP contribution in [0, 0.1) is 34.5 Å². The predicted molar refractivity (Wildman–Crippen MR) is 98.1 cm³/mol. The summed E-state index contributed by atoms with van der Waals surface area (Å²) in [5.41, 5.74) is 1.88. The van der Waals surface area contributed by atoms with Crippen molar-refractivity contribution in [2.75, 3.05) is 7.11 Å². The van der Waals surface area contributed by atoms with E-state index in [9.17, 15) is 9.90 Å². The molecule has 4 rings (SSSR count). The van der Waals surface area contributed by atoms with Crippen LogP contribution in [-0.2, 0) is 9.53 Å². The van der Waals surface area contributed by atoms with Crippen LogP contribution in [0.15, 0.2) is 11.6 Å². The van der Waals surface area contributed by atoms with Crippen LogP contribution in [0.3, 0.4) is 0 Å². The van der Waals surface area contributed by atoms with E-state index in [0.29, 0.717) is 23.5 Å². The number of carbonyl (C=O) groups is 1. The first-order valence-electron chi connectivity index (χ1n) is 10.2. The molecule has 0 aliphatic heterocycles. The van der Waals surface area contributed by atoms with Crippen LogP contribution in [0.25, 0.3) is 0 Å². The molecule has 3 heteroatoms. The van der Waals surface area contributed by atoms with E-state index in [0.717, 1.165) is 38.5 Å². The Morgan fingerprint density at radius 1 is 1.24 bits per heavy atom. The summed E-state index contributed by atoms with van der Waals surface area (Å²) in [5, 5.41) is 10.1. The molecular weight excluding hydrogens is 312 g/mol. The molecule has 3 fully saturated rings. The molecule has 4 aliphatic carbocycles. The predicted octanol–water partition coefficient (Wildman–Crippen LogP) is 4.14. The van der Waals surface area contributed by atoms with Crippen molar-refractivity contribution in [1.82, 2.24) is 0 Å². The van der Waals surface area contributed by atoms with Gasteiger partial charge in [0.15, 0.2) is 0 Å². The molecule has 25 heavy (non-hydrogen) atoms. The second kappa shape index (κ2) is 5.92. The fourth-order valence-corrected chi connectivity index (χ4v) is 7.59. The Morgan fingerprint density at radius 3 is 2.68 bits per heavy atom. The molecule has 0 aromatic rings. The van der Waals surface area contributed by atoms with Gasteiger partial charge in [0, 0.05) is 13.0 Å². The molecule has 140 valence electrons. The zero-order valence-corrected chi connectivity index (χ0v) is 16.3. The van der Waals surface area contributed by atoms with Gasteiger partial charge in [0.1, 0.15) is 5.78 Å². The molecule has 0 unspecified atom stereocenters. The van der Waals surface area contributed by atoms with Gasteiger partial charge >= 0.3 is 0 Å². The largest absolute Gasteiger partial charge is 0.393 e. The number of ether oxygens (including phenoxy) is 1. The summed E-state index contributed by atoms with van der Waals surface area (Å²) in [6, 6.07) is 0. The fourth-order valence-electron chi connectivity index (χ4n) is 7.59. The molecule has 0 heterocycles. The molecule has 0 bridgehead atoms. The number of aliphatic hydroxyl groups is 1. The quantitative estimate of drug-likeness (QED) is 0.764. The summed E-state index contributed by atoms with van der Waals surface area (Å²) in [7, 11) is 1.78. The third kappa shape index (κ3) is 2.41. The smallest absolute Gasteiger partial charge is 0.136 e. The van der Waals surface area contributed by atoms with Gasteiger partial charge < -0.3 is 9.84 Å². The molecule has 0 aromatic carbocycles. The SMILES string of the molecule is CO[C@@H]1C[C@H]2[C@@H]3CC=C4C[C@@H](O)CC[C@]4(C)[C@H]3CC[C@]2(C)[C@H]1C(C)=O. The first-order chi connectivity index (χ1) is 11.8. The van der Waals surface area contributed by atoms with Crippen molar-refractivity contribution in [3.05, 3.63) is 11.6 Å². The van der Waals surface area contributed by atoms with Crippen molar-refractivity contribution in [2.24, 2.45) is 34.5 Å². The monoisotopic (exact) mass is 346 g/mol. The average Bonchev–Trinajstić information content (AvgIpc) is 2.88. The fraction of sp³-hybridized carbons (Fsp3) is 0.864. The second-order valence-corrected chi connectivity index (χ2v) is 9.80. The summed E-state index contributed by atoms with van der Waals surface area (Å²) in [6.07, 6.45) is 9.88. The van der Waals surface area contributed by atoms with Gasteiger partial charge in [0.05, 0.1) is 12.2 Å². The van der Waals surface area contributed by atoms with Gasteiger partial charge in [0.25, 0.3) is 0 Å². The van der Waals surface area contributed by atoms with Gasteiger partial charge in [-0.25, -0.2) is 0 Å². The van der Waals surface area contributed by atoms with Gasteiger partial charge in [-0.3, -0.25) is 4.79 Å². The highest BCUT2D eigenvalue weighted by molar-refractivity contribution is 5.80. The Kier molecular flexibility index (Phi) is 4.20. The number of rotatable bonds is 2. The number of fused-ring (bicyclic) bond motifs is 5. The van der Waals surface area contributed by atoms with Gasteiger partial charge in [-0.1, -0.05) is 25.5 Å². The Hall–Kier alpha value is -0.670. The van der Waals surface area contributed by atoms with Crippen molar-refractivity contribution >= 4 is 5.78 Å². The van der Waals surface area contributed by atoms with E-state index in [1.54, 1.807) is 14.0 Å². The molecule has 1 N–H and O–H groups in total. The van der Waals surface area contributed by atoms with Gasteiger partial charge in [-0.2, -0.15) is 0 Å². The Bertz CT molecular complexity index is 596. The summed E-state index contributed by atoms with van der Waals surface area (Å²) < 4.78 is 5.80. The van der Waals surface area contributed by atoms with Gasteiger partial charge in [-0.15, -0.1) is 0 Å². The number of hydrogen-bond donors (Lipinski definition) is 1. The number of methoxy groups -OCH3 is 1. The zero-order valence-electron chi connectivity index (χ0n) is 16.3. The minimum Gasteiger partial charge on any atom is -0.393 e. The molecule has 3 saturated carbocycles. The minimum absolute atomic E-state index is 0.0646. The van der Waals surface area contributed by atoms with Crippen LogP contribution < -0.4 is 0 Å². The number of ketones is 1. The lowest BCUT2D eigenvalue weighted by Gasteiger charge is -2.57. The molecule has 3 nitrogen and oxygen atoms in total. The third-order valence-corrected chi connectivity index (χ3v) is 8.82. The summed E-state index contributed by atoms with van der Waals surface area (Å²) in [5.74, 6) is 2.35. The minimum atomic E-state index is -0.142. The van der Waals surface area contributed by atoms with Crippen LogP contribution >= 0.6 is 0 Å². The average molecular weight is 347 g/mol. The second-order valence-electron chi connectivity index (χ2n) is 9.80. The normalized spacial score (nSPS) is 52.0. The number of hydrogen-bond acceptors (Lipinski definition) is 3. The zero-order chi connectivity index (χ0) is 18.0. The third-order valence-electron chi connectivity index (χ3n) is 8.82. The lowest BCUT2D eigenvalue weighted by molar-refractivity contribution is -0.131. The molecule has 4 aliphatic rings. The standard InChI is InChI=1S/C22H34O3/c1-13(23)20-19(25-4)12-18-16-6-5-14-11-15(24)7-9-21(14,2)17(16)8-10-22(18,20)3/h5,15-20,24H,6-12H2,1-4H3/t15-,16+,17-,18-,19+,20-,21-,22-/m0/s1. The molecule has 0 saturated heterocycles. The van der Waals surface area contributed by atoms with Gasteiger partial charge in [-0.05, 0) is 80.5 Å². The van der Waals surface area contributed by atoms with E-state index in [1.165, 1.54) is 12.0 Å². The van der Waals surface area contributed by atoms with Crippen molar-refractivity contribution in [3.63, 3.8) is 0 Å². The van der Waals surface area contributed by atoms with Crippen molar-refractivity contribution in [2.45, 2.75) is 77.9 Å². The highest BCUT2D eigenvalue weighted by atomic mass is 16.5. The van der Waals surface area contributed by atoms with E-state index in [2.05, 4.69) is 19.9 Å². The van der Waals surface area contributed by atoms with E-state index in [-0.39, 0.29) is 29.0 Å². The number of Topliss-reactive ketones (excluding diaryl/α,β-unsaturated/α-hetero) is 1. The van der Waals surface area contributed by atoms with Crippen LogP contribution in [0.4, 0.5) is 0 Å². The van der Waals surface area contributed by atoms with E-state index >= 15 is 0 Å².